The van der Waals surface area contributed by atoms with Gasteiger partial charge in [-0.05, 0) is 50.5 Å². The molecule has 1 aliphatic heterocycles. The molecule has 1 aromatic carbocycles. The number of urea groups is 1. The van der Waals surface area contributed by atoms with Gasteiger partial charge >= 0.3 is 6.03 Å². The quantitative estimate of drug-likeness (QED) is 0.932. The summed E-state index contributed by atoms with van der Waals surface area (Å²) in [7, 11) is 4.04. The molecule has 1 atom stereocenters. The second-order valence-corrected chi connectivity index (χ2v) is 6.62. The predicted molar refractivity (Wildman–Crippen MR) is 86.4 cm³/mol. The monoisotopic (exact) mass is 311 g/mol. The number of nitrogens with one attached hydrogen (secondary N) is 1. The fourth-order valence-electron chi connectivity index (χ4n) is 2.40. The molecule has 2 amide bonds. The summed E-state index contributed by atoms with van der Waals surface area (Å²) in [6.07, 6.45) is 1.01. The van der Waals surface area contributed by atoms with E-state index in [1.807, 2.05) is 30.8 Å². The molecule has 6 heteroatoms. The summed E-state index contributed by atoms with van der Waals surface area (Å²) in [5.74, 6) is 1.74. The Morgan fingerprint density at radius 2 is 2.14 bits per heavy atom. The van der Waals surface area contributed by atoms with E-state index >= 15 is 0 Å². The third kappa shape index (κ3) is 4.89. The Kier molecular flexibility index (Phi) is 5.87. The average molecular weight is 311 g/mol. The summed E-state index contributed by atoms with van der Waals surface area (Å²) in [5, 5.41) is 2.86. The molecule has 0 saturated carbocycles. The number of carbonyl (C=O) groups is 1. The Bertz CT molecular complexity index is 466. The third-order valence-electron chi connectivity index (χ3n) is 3.37. The smallest absolute Gasteiger partial charge is 0.319 e. The lowest BCUT2D eigenvalue weighted by molar-refractivity contribution is 0.180. The summed E-state index contributed by atoms with van der Waals surface area (Å²) < 4.78 is 12.9. The predicted octanol–water partition coefficient (Wildman–Crippen LogP) is 2.73. The molecule has 1 saturated heterocycles. The Morgan fingerprint density at radius 3 is 2.81 bits per heavy atom. The van der Waals surface area contributed by atoms with E-state index in [1.165, 1.54) is 12.1 Å². The lowest BCUT2D eigenvalue weighted by Gasteiger charge is -2.31. The molecule has 0 spiro atoms. The van der Waals surface area contributed by atoms with Crippen LogP contribution in [-0.2, 0) is 0 Å². The second-order valence-electron chi connectivity index (χ2n) is 5.47. The highest BCUT2D eigenvalue weighted by molar-refractivity contribution is 7.99. The van der Waals surface area contributed by atoms with E-state index in [0.29, 0.717) is 5.69 Å². The van der Waals surface area contributed by atoms with Gasteiger partial charge in [-0.15, -0.1) is 0 Å². The van der Waals surface area contributed by atoms with Gasteiger partial charge in [0.05, 0.1) is 6.04 Å². The first-order chi connectivity index (χ1) is 10.1. The van der Waals surface area contributed by atoms with Crippen molar-refractivity contribution in [3.63, 3.8) is 0 Å². The number of halogens is 1. The molecule has 0 aromatic heterocycles. The Hall–Kier alpha value is -1.27. The van der Waals surface area contributed by atoms with Crippen LogP contribution in [0.5, 0.6) is 0 Å². The van der Waals surface area contributed by atoms with E-state index < -0.39 is 0 Å². The first-order valence-corrected chi connectivity index (χ1v) is 8.27. The largest absolute Gasteiger partial charge is 0.322 e. The van der Waals surface area contributed by atoms with Crippen molar-refractivity contribution in [2.45, 2.75) is 12.5 Å². The van der Waals surface area contributed by atoms with Gasteiger partial charge in [0.15, 0.2) is 0 Å². The molecule has 0 aliphatic carbocycles. The molecule has 116 valence electrons. The molecule has 1 N–H and O–H groups in total. The number of hydrogen-bond acceptors (Lipinski definition) is 3. The molecule has 2 rings (SSSR count). The molecule has 21 heavy (non-hydrogen) atoms. The number of carbonyl (C=O) groups excluding carboxylic acids is 1. The standard InChI is InChI=1S/C15H22FN3OS/c1-18(2)10-14-11-21-9-3-8-19(14)15(20)17-13-6-4-12(16)5-7-13/h4-7,14H,3,8-11H2,1-2H3,(H,17,20). The summed E-state index contributed by atoms with van der Waals surface area (Å²) in [6, 6.07) is 5.97. The van der Waals surface area contributed by atoms with Crippen molar-refractivity contribution in [2.75, 3.05) is 44.0 Å². The molecular formula is C15H22FN3OS. The van der Waals surface area contributed by atoms with Crippen LogP contribution in [0.2, 0.25) is 0 Å². The number of benzene rings is 1. The number of likely N-dealkylation sites (N-methyl/N-ethyl adjacent to an activating group) is 1. The second kappa shape index (κ2) is 7.66. The minimum Gasteiger partial charge on any atom is -0.319 e. The van der Waals surface area contributed by atoms with Crippen LogP contribution in [0.15, 0.2) is 24.3 Å². The van der Waals surface area contributed by atoms with Crippen molar-refractivity contribution in [3.05, 3.63) is 30.1 Å². The van der Waals surface area contributed by atoms with E-state index in [1.54, 1.807) is 12.1 Å². The van der Waals surface area contributed by atoms with Gasteiger partial charge in [0, 0.05) is 24.5 Å². The zero-order valence-corrected chi connectivity index (χ0v) is 13.3. The van der Waals surface area contributed by atoms with Crippen LogP contribution in [0.25, 0.3) is 0 Å². The lowest BCUT2D eigenvalue weighted by atomic mass is 10.2. The molecular weight excluding hydrogens is 289 g/mol. The maximum Gasteiger partial charge on any atom is 0.322 e. The van der Waals surface area contributed by atoms with Gasteiger partial charge in [0.25, 0.3) is 0 Å². The number of amides is 2. The van der Waals surface area contributed by atoms with Crippen LogP contribution in [0.1, 0.15) is 6.42 Å². The van der Waals surface area contributed by atoms with Crippen molar-refractivity contribution in [2.24, 2.45) is 0 Å². The van der Waals surface area contributed by atoms with Gasteiger partial charge in [-0.25, -0.2) is 9.18 Å². The summed E-state index contributed by atoms with van der Waals surface area (Å²) in [4.78, 5) is 16.5. The highest BCUT2D eigenvalue weighted by atomic mass is 32.2. The first kappa shape index (κ1) is 16.1. The van der Waals surface area contributed by atoms with Gasteiger partial charge in [0.1, 0.15) is 5.82 Å². The van der Waals surface area contributed by atoms with Crippen molar-refractivity contribution in [1.29, 1.82) is 0 Å². The molecule has 1 heterocycles. The van der Waals surface area contributed by atoms with E-state index in [9.17, 15) is 9.18 Å². The van der Waals surface area contributed by atoms with Gasteiger partial charge in [0.2, 0.25) is 0 Å². The fraction of sp³-hybridized carbons (Fsp3) is 0.533. The topological polar surface area (TPSA) is 35.6 Å². The summed E-state index contributed by atoms with van der Waals surface area (Å²) >= 11 is 1.90. The Morgan fingerprint density at radius 1 is 1.43 bits per heavy atom. The summed E-state index contributed by atoms with van der Waals surface area (Å²) in [6.45, 7) is 1.61. The highest BCUT2D eigenvalue weighted by Gasteiger charge is 2.26. The lowest BCUT2D eigenvalue weighted by Crippen LogP contribution is -2.48. The minimum atomic E-state index is -0.301. The first-order valence-electron chi connectivity index (χ1n) is 7.12. The Labute approximate surface area is 129 Å². The number of anilines is 1. The zero-order valence-electron chi connectivity index (χ0n) is 12.5. The van der Waals surface area contributed by atoms with Crippen molar-refractivity contribution >= 4 is 23.5 Å². The zero-order chi connectivity index (χ0) is 15.2. The molecule has 1 unspecified atom stereocenters. The fourth-order valence-corrected chi connectivity index (χ4v) is 3.45. The van der Waals surface area contributed by atoms with E-state index in [-0.39, 0.29) is 17.9 Å². The maximum absolute atomic E-state index is 12.9. The number of hydrogen-bond donors (Lipinski definition) is 1. The number of rotatable bonds is 3. The third-order valence-corrected chi connectivity index (χ3v) is 4.57. The van der Waals surface area contributed by atoms with E-state index in [2.05, 4.69) is 10.2 Å². The SMILES string of the molecule is CN(C)CC1CSCCCN1C(=O)Nc1ccc(F)cc1. The molecule has 0 radical (unpaired) electrons. The number of thioether (sulfide) groups is 1. The van der Waals surface area contributed by atoms with Crippen LogP contribution in [0.4, 0.5) is 14.9 Å². The van der Waals surface area contributed by atoms with E-state index in [4.69, 9.17) is 0 Å². The van der Waals surface area contributed by atoms with Crippen LogP contribution in [0.3, 0.4) is 0 Å². The van der Waals surface area contributed by atoms with Gasteiger partial charge in [-0.2, -0.15) is 11.8 Å². The average Bonchev–Trinajstić information content (AvgIpc) is 2.66. The Balaban J connectivity index is 2.04. The van der Waals surface area contributed by atoms with Crippen LogP contribution >= 0.6 is 11.8 Å². The van der Waals surface area contributed by atoms with Gasteiger partial charge < -0.3 is 15.1 Å². The van der Waals surface area contributed by atoms with Crippen LogP contribution in [-0.4, -0.2) is 60.6 Å². The highest BCUT2D eigenvalue weighted by Crippen LogP contribution is 2.18. The van der Waals surface area contributed by atoms with Crippen molar-refractivity contribution < 1.29 is 9.18 Å². The summed E-state index contributed by atoms with van der Waals surface area (Å²) in [5.41, 5.74) is 0.627. The maximum atomic E-state index is 12.9. The van der Waals surface area contributed by atoms with Gasteiger partial charge in [-0.1, -0.05) is 0 Å². The molecule has 0 bridgehead atoms. The van der Waals surface area contributed by atoms with E-state index in [0.717, 1.165) is 31.0 Å². The van der Waals surface area contributed by atoms with Crippen molar-refractivity contribution in [1.82, 2.24) is 9.80 Å². The minimum absolute atomic E-state index is 0.101. The van der Waals surface area contributed by atoms with Crippen LogP contribution < -0.4 is 5.32 Å². The molecule has 1 aromatic rings. The van der Waals surface area contributed by atoms with Gasteiger partial charge in [-0.3, -0.25) is 0 Å². The normalized spacial score (nSPS) is 19.4. The van der Waals surface area contributed by atoms with Crippen LogP contribution in [0, 0.1) is 5.82 Å². The number of nitrogens with zero attached hydrogens (tertiary/aromatic N) is 2. The molecule has 1 fully saturated rings. The molecule has 1 aliphatic rings. The molecule has 4 nitrogen and oxygen atoms in total. The van der Waals surface area contributed by atoms with Crippen molar-refractivity contribution in [3.8, 4) is 0 Å².